The van der Waals surface area contributed by atoms with E-state index >= 15 is 0 Å². The highest BCUT2D eigenvalue weighted by Crippen LogP contribution is 2.19. The van der Waals surface area contributed by atoms with Crippen molar-refractivity contribution in [3.63, 3.8) is 0 Å². The van der Waals surface area contributed by atoms with E-state index in [1.54, 1.807) is 13.1 Å². The van der Waals surface area contributed by atoms with Gasteiger partial charge in [0.25, 0.3) is 0 Å². The Morgan fingerprint density at radius 1 is 1.67 bits per heavy atom. The van der Waals surface area contributed by atoms with E-state index in [0.29, 0.717) is 15.3 Å². The lowest BCUT2D eigenvalue weighted by molar-refractivity contribution is 0.0689. The van der Waals surface area contributed by atoms with E-state index in [1.807, 2.05) is 5.38 Å². The highest BCUT2D eigenvalue weighted by atomic mass is 79.9. The maximum atomic E-state index is 10.8. The Kier molecular flexibility index (Phi) is 2.57. The molecule has 0 aliphatic heterocycles. The molecule has 0 bridgehead atoms. The average molecular weight is 288 g/mol. The molecule has 78 valence electrons. The molecular weight excluding hydrogens is 282 g/mol. The number of carbonyl (C=O) groups is 1. The van der Waals surface area contributed by atoms with Gasteiger partial charge in [-0.15, -0.1) is 11.3 Å². The molecular formula is C8H6BrN3O2S. The fourth-order valence-corrected chi connectivity index (χ4v) is 2.29. The Balaban J connectivity index is 2.46. The summed E-state index contributed by atoms with van der Waals surface area (Å²) in [5.74, 6) is -1.03. The third-order valence-corrected chi connectivity index (χ3v) is 3.30. The second-order valence-electron chi connectivity index (χ2n) is 2.86. The number of thiazole rings is 1. The van der Waals surface area contributed by atoms with Crippen LogP contribution in [-0.2, 0) is 0 Å². The van der Waals surface area contributed by atoms with Gasteiger partial charge in [0.1, 0.15) is 4.60 Å². The zero-order valence-corrected chi connectivity index (χ0v) is 10.0. The first-order chi connectivity index (χ1) is 7.08. The number of hydrogen-bond acceptors (Lipinski definition) is 4. The molecule has 5 nitrogen and oxygen atoms in total. The molecule has 15 heavy (non-hydrogen) atoms. The number of rotatable bonds is 2. The van der Waals surface area contributed by atoms with Crippen molar-refractivity contribution >= 4 is 33.2 Å². The van der Waals surface area contributed by atoms with Crippen LogP contribution in [0.2, 0.25) is 0 Å². The van der Waals surface area contributed by atoms with Gasteiger partial charge in [0.2, 0.25) is 5.13 Å². The van der Waals surface area contributed by atoms with Gasteiger partial charge in [0.15, 0.2) is 5.69 Å². The molecule has 0 aromatic carbocycles. The zero-order valence-electron chi connectivity index (χ0n) is 7.64. The zero-order chi connectivity index (χ0) is 11.0. The second-order valence-corrected chi connectivity index (χ2v) is 4.51. The lowest BCUT2D eigenvalue weighted by Crippen LogP contribution is -2.01. The average Bonchev–Trinajstić information content (AvgIpc) is 2.71. The van der Waals surface area contributed by atoms with Gasteiger partial charge in [0, 0.05) is 17.1 Å². The molecule has 0 fully saturated rings. The smallest absolute Gasteiger partial charge is 0.356 e. The van der Waals surface area contributed by atoms with Crippen LogP contribution in [0.1, 0.15) is 16.1 Å². The number of aryl methyl sites for hydroxylation is 1. The number of nitrogens with zero attached hydrogens (tertiary/aromatic N) is 3. The number of carboxylic acid groups (broad SMARTS) is 1. The van der Waals surface area contributed by atoms with Crippen molar-refractivity contribution in [3.8, 4) is 5.13 Å². The van der Waals surface area contributed by atoms with Gasteiger partial charge in [-0.05, 0) is 22.9 Å². The molecule has 0 atom stereocenters. The summed E-state index contributed by atoms with van der Waals surface area (Å²) in [5, 5.41) is 15.2. The van der Waals surface area contributed by atoms with E-state index in [4.69, 9.17) is 5.11 Å². The molecule has 7 heteroatoms. The maximum Gasteiger partial charge on any atom is 0.356 e. The van der Waals surface area contributed by atoms with E-state index in [9.17, 15) is 4.79 Å². The third-order valence-electron chi connectivity index (χ3n) is 1.76. The Morgan fingerprint density at radius 2 is 2.40 bits per heavy atom. The minimum atomic E-state index is -1.03. The van der Waals surface area contributed by atoms with Crippen LogP contribution in [-0.4, -0.2) is 25.8 Å². The first-order valence-corrected chi connectivity index (χ1v) is 5.66. The van der Waals surface area contributed by atoms with Crippen molar-refractivity contribution in [1.29, 1.82) is 0 Å². The largest absolute Gasteiger partial charge is 0.476 e. The second kappa shape index (κ2) is 3.74. The minimum absolute atomic E-state index is 0.0568. The van der Waals surface area contributed by atoms with Crippen molar-refractivity contribution in [1.82, 2.24) is 14.8 Å². The maximum absolute atomic E-state index is 10.8. The summed E-state index contributed by atoms with van der Waals surface area (Å²) >= 11 is 4.61. The van der Waals surface area contributed by atoms with Gasteiger partial charge in [-0.2, -0.15) is 5.10 Å². The Morgan fingerprint density at radius 3 is 2.87 bits per heavy atom. The van der Waals surface area contributed by atoms with Crippen molar-refractivity contribution < 1.29 is 9.90 Å². The predicted octanol–water partition coefficient (Wildman–Crippen LogP) is 2.10. The quantitative estimate of drug-likeness (QED) is 0.918. The molecule has 1 N–H and O–H groups in total. The van der Waals surface area contributed by atoms with Crippen LogP contribution in [0, 0.1) is 6.92 Å². The molecule has 2 aromatic rings. The molecule has 0 saturated carbocycles. The normalized spacial score (nSPS) is 10.5. The summed E-state index contributed by atoms with van der Waals surface area (Å²) in [6, 6.07) is 0. The first kappa shape index (κ1) is 10.3. The van der Waals surface area contributed by atoms with Gasteiger partial charge < -0.3 is 5.11 Å². The molecule has 0 unspecified atom stereocenters. The highest BCUT2D eigenvalue weighted by Gasteiger charge is 2.14. The Hall–Kier alpha value is -1.21. The minimum Gasteiger partial charge on any atom is -0.476 e. The molecule has 0 aliphatic rings. The van der Waals surface area contributed by atoms with Crippen LogP contribution in [0.25, 0.3) is 5.13 Å². The van der Waals surface area contributed by atoms with Gasteiger partial charge >= 0.3 is 5.97 Å². The standard InChI is InChI=1S/C8H6BrN3O2S/c1-4-2-12(11-6(4)7(13)14)8-10-5(9)3-15-8/h2-3H,1H3,(H,13,14). The van der Waals surface area contributed by atoms with Crippen LogP contribution in [0.3, 0.4) is 0 Å². The fourth-order valence-electron chi connectivity index (χ4n) is 1.12. The van der Waals surface area contributed by atoms with Crippen molar-refractivity contribution in [2.45, 2.75) is 6.92 Å². The van der Waals surface area contributed by atoms with Crippen molar-refractivity contribution in [3.05, 3.63) is 27.4 Å². The number of aromatic nitrogens is 3. The fraction of sp³-hybridized carbons (Fsp3) is 0.125. The van der Waals surface area contributed by atoms with E-state index in [-0.39, 0.29) is 5.69 Å². The number of carboxylic acids is 1. The van der Waals surface area contributed by atoms with E-state index in [0.717, 1.165) is 0 Å². The molecule has 0 aliphatic carbocycles. The lowest BCUT2D eigenvalue weighted by atomic mass is 10.3. The van der Waals surface area contributed by atoms with Crippen LogP contribution in [0.5, 0.6) is 0 Å². The molecule has 0 spiro atoms. The van der Waals surface area contributed by atoms with Gasteiger partial charge in [-0.1, -0.05) is 0 Å². The van der Waals surface area contributed by atoms with Crippen LogP contribution >= 0.6 is 27.3 Å². The van der Waals surface area contributed by atoms with Crippen molar-refractivity contribution in [2.75, 3.05) is 0 Å². The van der Waals surface area contributed by atoms with Crippen LogP contribution < -0.4 is 0 Å². The van der Waals surface area contributed by atoms with Gasteiger partial charge in [-0.25, -0.2) is 14.5 Å². The van der Waals surface area contributed by atoms with E-state index in [1.165, 1.54) is 16.0 Å². The molecule has 2 heterocycles. The summed E-state index contributed by atoms with van der Waals surface area (Å²) in [5.41, 5.74) is 0.676. The molecule has 0 amide bonds. The molecule has 2 aromatic heterocycles. The van der Waals surface area contributed by atoms with Gasteiger partial charge in [0.05, 0.1) is 0 Å². The topological polar surface area (TPSA) is 68.0 Å². The highest BCUT2D eigenvalue weighted by molar-refractivity contribution is 9.10. The molecule has 0 saturated heterocycles. The number of halogens is 1. The SMILES string of the molecule is Cc1cn(-c2nc(Br)cs2)nc1C(=O)O. The predicted molar refractivity (Wildman–Crippen MR) is 58.6 cm³/mol. The molecule has 2 rings (SSSR count). The van der Waals surface area contributed by atoms with Crippen LogP contribution in [0.4, 0.5) is 0 Å². The number of hydrogen-bond donors (Lipinski definition) is 1. The molecule has 0 radical (unpaired) electrons. The summed E-state index contributed by atoms with van der Waals surface area (Å²) in [6.45, 7) is 1.70. The van der Waals surface area contributed by atoms with Gasteiger partial charge in [-0.3, -0.25) is 0 Å². The van der Waals surface area contributed by atoms with E-state index < -0.39 is 5.97 Å². The van der Waals surface area contributed by atoms with Crippen LogP contribution in [0.15, 0.2) is 16.2 Å². The van der Waals surface area contributed by atoms with Crippen molar-refractivity contribution in [2.24, 2.45) is 0 Å². The Labute approximate surface area is 97.5 Å². The summed E-state index contributed by atoms with van der Waals surface area (Å²) in [4.78, 5) is 14.9. The summed E-state index contributed by atoms with van der Waals surface area (Å²) in [7, 11) is 0. The first-order valence-electron chi connectivity index (χ1n) is 3.99. The summed E-state index contributed by atoms with van der Waals surface area (Å²) < 4.78 is 2.18. The monoisotopic (exact) mass is 287 g/mol. The lowest BCUT2D eigenvalue weighted by Gasteiger charge is -1.91. The number of aromatic carboxylic acids is 1. The Bertz CT molecular complexity index is 520. The summed E-state index contributed by atoms with van der Waals surface area (Å²) in [6.07, 6.45) is 1.65. The van der Waals surface area contributed by atoms with E-state index in [2.05, 4.69) is 26.0 Å². The third kappa shape index (κ3) is 1.93.